The van der Waals surface area contributed by atoms with Crippen LogP contribution >= 0.6 is 11.3 Å². The van der Waals surface area contributed by atoms with Crippen LogP contribution in [0.15, 0.2) is 34.7 Å². The molecule has 2 N–H and O–H groups in total. The van der Waals surface area contributed by atoms with Crippen LogP contribution in [0.3, 0.4) is 0 Å². The van der Waals surface area contributed by atoms with E-state index in [2.05, 4.69) is 9.71 Å². The van der Waals surface area contributed by atoms with Crippen LogP contribution in [0.1, 0.15) is 10.4 Å². The monoisotopic (exact) mass is 302 g/mol. The minimum Gasteiger partial charge on any atom is -0.478 e. The Balaban J connectivity index is 2.41. The second-order valence-electron chi connectivity index (χ2n) is 3.39. The van der Waals surface area contributed by atoms with Crippen LogP contribution in [0.4, 0.5) is 9.52 Å². The van der Waals surface area contributed by atoms with Crippen LogP contribution in [0, 0.1) is 5.82 Å². The van der Waals surface area contributed by atoms with E-state index in [1.54, 1.807) is 5.38 Å². The summed E-state index contributed by atoms with van der Waals surface area (Å²) in [5.41, 5.74) is -0.706. The number of sulfonamides is 1. The molecule has 0 unspecified atom stereocenters. The van der Waals surface area contributed by atoms with Crippen molar-refractivity contribution in [1.82, 2.24) is 4.98 Å². The molecule has 0 bridgehead atoms. The molecule has 100 valence electrons. The van der Waals surface area contributed by atoms with E-state index >= 15 is 0 Å². The number of nitrogens with one attached hydrogen (secondary N) is 1. The number of carbonyl (C=O) groups is 1. The molecule has 0 saturated carbocycles. The number of anilines is 1. The molecule has 0 atom stereocenters. The van der Waals surface area contributed by atoms with Gasteiger partial charge in [0.15, 0.2) is 5.13 Å². The summed E-state index contributed by atoms with van der Waals surface area (Å²) in [5, 5.41) is 10.5. The van der Waals surface area contributed by atoms with Crippen molar-refractivity contribution in [3.63, 3.8) is 0 Å². The third kappa shape index (κ3) is 2.88. The number of halogens is 1. The highest BCUT2D eigenvalue weighted by Crippen LogP contribution is 2.20. The number of nitrogens with zero attached hydrogens (tertiary/aromatic N) is 1. The van der Waals surface area contributed by atoms with E-state index in [4.69, 9.17) is 5.11 Å². The molecule has 0 aliphatic rings. The number of carboxylic acids is 1. The zero-order chi connectivity index (χ0) is 14.0. The molecule has 0 aliphatic heterocycles. The van der Waals surface area contributed by atoms with Gasteiger partial charge in [-0.1, -0.05) is 0 Å². The molecule has 6 nitrogen and oxygen atoms in total. The molecule has 2 rings (SSSR count). The number of hydrogen-bond donors (Lipinski definition) is 2. The van der Waals surface area contributed by atoms with E-state index in [0.717, 1.165) is 29.5 Å². The van der Waals surface area contributed by atoms with Crippen molar-refractivity contribution >= 4 is 32.5 Å². The summed E-state index contributed by atoms with van der Waals surface area (Å²) in [6.45, 7) is 0. The minimum atomic E-state index is -3.99. The van der Waals surface area contributed by atoms with Gasteiger partial charge >= 0.3 is 5.97 Å². The normalized spacial score (nSPS) is 11.2. The van der Waals surface area contributed by atoms with Gasteiger partial charge in [0.1, 0.15) is 5.82 Å². The van der Waals surface area contributed by atoms with Crippen molar-refractivity contribution in [2.75, 3.05) is 4.72 Å². The van der Waals surface area contributed by atoms with Crippen molar-refractivity contribution in [3.05, 3.63) is 41.2 Å². The fourth-order valence-electron chi connectivity index (χ4n) is 1.28. The van der Waals surface area contributed by atoms with Crippen LogP contribution in [0.5, 0.6) is 0 Å². The Bertz CT molecular complexity index is 713. The molecule has 0 amide bonds. The zero-order valence-electron chi connectivity index (χ0n) is 9.20. The lowest BCUT2D eigenvalue weighted by molar-refractivity contribution is 0.0691. The molecule has 0 fully saturated rings. The summed E-state index contributed by atoms with van der Waals surface area (Å²) < 4.78 is 39.2. The maximum atomic E-state index is 13.2. The quantitative estimate of drug-likeness (QED) is 0.897. The van der Waals surface area contributed by atoms with E-state index in [-0.39, 0.29) is 10.0 Å². The topological polar surface area (TPSA) is 96.4 Å². The number of rotatable bonds is 4. The SMILES string of the molecule is O=C(O)c1cc(S(=O)(=O)Nc2nccs2)ccc1F. The first kappa shape index (κ1) is 13.4. The van der Waals surface area contributed by atoms with E-state index in [9.17, 15) is 17.6 Å². The zero-order valence-corrected chi connectivity index (χ0v) is 10.8. The Labute approximate surface area is 111 Å². The maximum Gasteiger partial charge on any atom is 0.338 e. The first-order valence-corrected chi connectivity index (χ1v) is 7.21. The molecule has 1 aromatic heterocycles. The minimum absolute atomic E-state index is 0.140. The third-order valence-corrected chi connectivity index (χ3v) is 4.29. The van der Waals surface area contributed by atoms with Gasteiger partial charge < -0.3 is 5.11 Å². The average molecular weight is 302 g/mol. The van der Waals surface area contributed by atoms with Gasteiger partial charge in [0.05, 0.1) is 10.5 Å². The Morgan fingerprint density at radius 2 is 2.16 bits per heavy atom. The van der Waals surface area contributed by atoms with Gasteiger partial charge in [0.25, 0.3) is 10.0 Å². The summed E-state index contributed by atoms with van der Waals surface area (Å²) in [5.74, 6) is -2.54. The molecule has 2 aromatic rings. The first-order valence-electron chi connectivity index (χ1n) is 4.85. The molecule has 19 heavy (non-hydrogen) atoms. The number of aromatic nitrogens is 1. The Hall–Kier alpha value is -2.00. The fourth-order valence-corrected chi connectivity index (χ4v) is 3.10. The highest BCUT2D eigenvalue weighted by molar-refractivity contribution is 7.93. The number of carboxylic acid groups (broad SMARTS) is 1. The van der Waals surface area contributed by atoms with Gasteiger partial charge in [-0.15, -0.1) is 11.3 Å². The molecule has 1 aromatic carbocycles. The molecule has 1 heterocycles. The highest BCUT2D eigenvalue weighted by atomic mass is 32.2. The van der Waals surface area contributed by atoms with Crippen LogP contribution in [0.25, 0.3) is 0 Å². The second kappa shape index (κ2) is 4.94. The lowest BCUT2D eigenvalue weighted by atomic mass is 10.2. The van der Waals surface area contributed by atoms with Gasteiger partial charge in [-0.2, -0.15) is 0 Å². The predicted octanol–water partition coefficient (Wildman–Crippen LogP) is 1.78. The Morgan fingerprint density at radius 3 is 2.74 bits per heavy atom. The highest BCUT2D eigenvalue weighted by Gasteiger charge is 2.19. The lowest BCUT2D eigenvalue weighted by Crippen LogP contribution is -2.14. The number of benzene rings is 1. The largest absolute Gasteiger partial charge is 0.478 e. The maximum absolute atomic E-state index is 13.2. The van der Waals surface area contributed by atoms with E-state index in [0.29, 0.717) is 0 Å². The first-order chi connectivity index (χ1) is 8.90. The smallest absolute Gasteiger partial charge is 0.338 e. The number of hydrogen-bond acceptors (Lipinski definition) is 5. The molecule has 0 saturated heterocycles. The van der Waals surface area contributed by atoms with Crippen molar-refractivity contribution in [1.29, 1.82) is 0 Å². The summed E-state index contributed by atoms with van der Waals surface area (Å²) in [4.78, 5) is 14.1. The Morgan fingerprint density at radius 1 is 1.42 bits per heavy atom. The number of thiazole rings is 1. The molecule has 0 spiro atoms. The van der Waals surface area contributed by atoms with Gasteiger partial charge in [0.2, 0.25) is 0 Å². The lowest BCUT2D eigenvalue weighted by Gasteiger charge is -2.06. The van der Waals surface area contributed by atoms with E-state index in [1.807, 2.05) is 0 Å². The van der Waals surface area contributed by atoms with Crippen LogP contribution in [-0.2, 0) is 10.0 Å². The summed E-state index contributed by atoms with van der Waals surface area (Å²) in [7, 11) is -3.99. The van der Waals surface area contributed by atoms with Crippen LogP contribution < -0.4 is 4.72 Å². The second-order valence-corrected chi connectivity index (χ2v) is 5.97. The molecular weight excluding hydrogens is 295 g/mol. The third-order valence-electron chi connectivity index (χ3n) is 2.13. The molecule has 0 aliphatic carbocycles. The molecule has 0 radical (unpaired) electrons. The van der Waals surface area contributed by atoms with E-state index in [1.165, 1.54) is 6.20 Å². The molecule has 9 heteroatoms. The van der Waals surface area contributed by atoms with Gasteiger partial charge in [-0.25, -0.2) is 22.6 Å². The summed E-state index contributed by atoms with van der Waals surface area (Å²) in [6.07, 6.45) is 1.41. The number of aromatic carboxylic acids is 1. The van der Waals surface area contributed by atoms with Crippen molar-refractivity contribution in [2.45, 2.75) is 4.90 Å². The van der Waals surface area contributed by atoms with Crippen molar-refractivity contribution < 1.29 is 22.7 Å². The van der Waals surface area contributed by atoms with Crippen LogP contribution in [0.2, 0.25) is 0 Å². The summed E-state index contributed by atoms with van der Waals surface area (Å²) in [6, 6.07) is 2.53. The average Bonchev–Trinajstić information content (AvgIpc) is 2.80. The standard InChI is InChI=1S/C10H7FN2O4S2/c11-8-2-1-6(5-7(8)9(14)15)19(16,17)13-10-12-3-4-18-10/h1-5H,(H,12,13)(H,14,15). The van der Waals surface area contributed by atoms with Gasteiger partial charge in [0, 0.05) is 11.6 Å². The van der Waals surface area contributed by atoms with Crippen molar-refractivity contribution in [3.8, 4) is 0 Å². The predicted molar refractivity (Wildman–Crippen MR) is 66.3 cm³/mol. The van der Waals surface area contributed by atoms with Gasteiger partial charge in [-0.05, 0) is 18.2 Å². The molecular formula is C10H7FN2O4S2. The summed E-state index contributed by atoms with van der Waals surface area (Å²) >= 11 is 1.07. The van der Waals surface area contributed by atoms with Gasteiger partial charge in [-0.3, -0.25) is 4.72 Å². The van der Waals surface area contributed by atoms with Crippen LogP contribution in [-0.4, -0.2) is 24.5 Å². The van der Waals surface area contributed by atoms with Crippen molar-refractivity contribution in [2.24, 2.45) is 0 Å². The Kier molecular flexibility index (Phi) is 3.49. The van der Waals surface area contributed by atoms with E-state index < -0.39 is 27.4 Å². The fraction of sp³-hybridized carbons (Fsp3) is 0.